The number of carbonyl (C=O) groups is 3. The highest BCUT2D eigenvalue weighted by Gasteiger charge is 2.48. The third-order valence-electron chi connectivity index (χ3n) is 5.98. The summed E-state index contributed by atoms with van der Waals surface area (Å²) in [7, 11) is 1.88. The normalized spacial score (nSPS) is 20.6. The van der Waals surface area contributed by atoms with Crippen LogP contribution in [0.5, 0.6) is 0 Å². The van der Waals surface area contributed by atoms with Gasteiger partial charge in [0.2, 0.25) is 5.91 Å². The number of aliphatic carboxylic acids is 1. The van der Waals surface area contributed by atoms with Gasteiger partial charge in [0.1, 0.15) is 11.6 Å². The van der Waals surface area contributed by atoms with Crippen LogP contribution in [0.1, 0.15) is 16.8 Å². The van der Waals surface area contributed by atoms with Crippen LogP contribution in [0.25, 0.3) is 0 Å². The molecule has 0 radical (unpaired) electrons. The number of anilines is 1. The number of rotatable bonds is 2. The van der Waals surface area contributed by atoms with Crippen LogP contribution in [0.4, 0.5) is 27.6 Å². The molecule has 4 rings (SSSR count). The number of alkyl halides is 3. The zero-order chi connectivity index (χ0) is 26.0. The van der Waals surface area contributed by atoms with Crippen molar-refractivity contribution in [1.29, 1.82) is 0 Å². The van der Waals surface area contributed by atoms with Gasteiger partial charge in [0, 0.05) is 37.0 Å². The van der Waals surface area contributed by atoms with Crippen molar-refractivity contribution in [3.63, 3.8) is 0 Å². The Kier molecular flexibility index (Phi) is 7.44. The minimum absolute atomic E-state index is 0.00371. The smallest absolute Gasteiger partial charge is 0.475 e. The lowest BCUT2D eigenvalue weighted by atomic mass is 9.92. The van der Waals surface area contributed by atoms with E-state index in [9.17, 15) is 31.5 Å². The van der Waals surface area contributed by atoms with Crippen LogP contribution in [-0.4, -0.2) is 77.6 Å². The number of likely N-dealkylation sites (N-methyl/N-ethyl adjacent to an activating group) is 1. The number of para-hydroxylation sites is 1. The molecule has 1 atom stereocenters. The van der Waals surface area contributed by atoms with Crippen LogP contribution in [0.15, 0.2) is 48.5 Å². The van der Waals surface area contributed by atoms with Crippen LogP contribution >= 0.6 is 0 Å². The molecular weight excluding hydrogens is 477 g/mol. The molecule has 35 heavy (non-hydrogen) atoms. The van der Waals surface area contributed by atoms with Gasteiger partial charge in [-0.05, 0) is 37.7 Å². The molecule has 0 aromatic heterocycles. The summed E-state index contributed by atoms with van der Waals surface area (Å²) in [4.78, 5) is 39.6. The molecule has 7 nitrogen and oxygen atoms in total. The number of carboxylic acid groups (broad SMARTS) is 1. The average molecular weight is 499 g/mol. The number of hydrogen-bond donors (Lipinski definition) is 1. The van der Waals surface area contributed by atoms with Crippen molar-refractivity contribution in [1.82, 2.24) is 9.80 Å². The molecule has 0 aliphatic carbocycles. The zero-order valence-corrected chi connectivity index (χ0v) is 18.6. The molecule has 2 heterocycles. The van der Waals surface area contributed by atoms with Crippen LogP contribution in [-0.2, 0) is 9.59 Å². The van der Waals surface area contributed by atoms with Gasteiger partial charge >= 0.3 is 12.1 Å². The number of piperazine rings is 1. The van der Waals surface area contributed by atoms with Gasteiger partial charge in [0.15, 0.2) is 0 Å². The molecule has 2 aliphatic heterocycles. The van der Waals surface area contributed by atoms with Gasteiger partial charge in [-0.3, -0.25) is 14.5 Å². The van der Waals surface area contributed by atoms with Crippen LogP contribution < -0.4 is 4.90 Å². The van der Waals surface area contributed by atoms with Gasteiger partial charge in [-0.2, -0.15) is 13.2 Å². The summed E-state index contributed by atoms with van der Waals surface area (Å²) < 4.78 is 58.7. The summed E-state index contributed by atoms with van der Waals surface area (Å²) in [6.45, 7) is 1.59. The van der Waals surface area contributed by atoms with Crippen molar-refractivity contribution in [3.8, 4) is 0 Å². The molecule has 0 bridgehead atoms. The molecular formula is C23H22F5N3O4. The first-order valence-electron chi connectivity index (χ1n) is 10.4. The van der Waals surface area contributed by atoms with E-state index in [1.165, 1.54) is 0 Å². The Balaban J connectivity index is 0.000000429. The Morgan fingerprint density at radius 3 is 2.11 bits per heavy atom. The first-order valence-corrected chi connectivity index (χ1v) is 10.4. The van der Waals surface area contributed by atoms with Gasteiger partial charge in [-0.15, -0.1) is 0 Å². The van der Waals surface area contributed by atoms with Crippen molar-refractivity contribution < 1.29 is 41.4 Å². The maximum absolute atomic E-state index is 13.5. The standard InChI is InChI=1S/C21H21F2N3O2.C2HF3O2/c1-24-12-19(27)26(18-5-3-2-4-6-18)14-21(24)7-8-25(13-21)20(28)15-9-16(22)11-17(23)10-15;3-2(4,5)1(6)7/h2-6,9-11H,7-8,12-14H2,1H3;(H,6,7). The Labute approximate surface area is 197 Å². The predicted octanol–water partition coefficient (Wildman–Crippen LogP) is 3.16. The summed E-state index contributed by atoms with van der Waals surface area (Å²) in [6, 6.07) is 12.3. The van der Waals surface area contributed by atoms with Gasteiger partial charge < -0.3 is 14.9 Å². The molecule has 188 valence electrons. The summed E-state index contributed by atoms with van der Waals surface area (Å²) in [5, 5.41) is 7.12. The minimum Gasteiger partial charge on any atom is -0.475 e. The molecule has 2 saturated heterocycles. The molecule has 2 fully saturated rings. The lowest BCUT2D eigenvalue weighted by Gasteiger charge is -2.46. The predicted molar refractivity (Wildman–Crippen MR) is 115 cm³/mol. The minimum atomic E-state index is -5.08. The lowest BCUT2D eigenvalue weighted by Crippen LogP contribution is -2.64. The van der Waals surface area contributed by atoms with Crippen molar-refractivity contribution in [3.05, 3.63) is 65.7 Å². The molecule has 2 amide bonds. The highest BCUT2D eigenvalue weighted by Crippen LogP contribution is 2.34. The monoisotopic (exact) mass is 499 g/mol. The first-order chi connectivity index (χ1) is 16.3. The number of carboxylic acids is 1. The molecule has 1 unspecified atom stereocenters. The summed E-state index contributed by atoms with van der Waals surface area (Å²) in [6.07, 6.45) is -4.40. The van der Waals surface area contributed by atoms with Crippen LogP contribution in [0.2, 0.25) is 0 Å². The van der Waals surface area contributed by atoms with E-state index in [0.29, 0.717) is 26.1 Å². The zero-order valence-electron chi connectivity index (χ0n) is 18.6. The summed E-state index contributed by atoms with van der Waals surface area (Å²) >= 11 is 0. The van der Waals surface area contributed by atoms with Gasteiger partial charge in [0.25, 0.3) is 5.91 Å². The second kappa shape index (κ2) is 9.98. The number of likely N-dealkylation sites (tertiary alicyclic amines) is 1. The fourth-order valence-corrected chi connectivity index (χ4v) is 4.13. The molecule has 1 N–H and O–H groups in total. The second-order valence-corrected chi connectivity index (χ2v) is 8.33. The van der Waals surface area contributed by atoms with E-state index >= 15 is 0 Å². The van der Waals surface area contributed by atoms with Gasteiger partial charge in [-0.1, -0.05) is 18.2 Å². The van der Waals surface area contributed by atoms with E-state index in [1.807, 2.05) is 42.3 Å². The molecule has 1 spiro atoms. The topological polar surface area (TPSA) is 81.2 Å². The summed E-state index contributed by atoms with van der Waals surface area (Å²) in [5.74, 6) is -4.68. The second-order valence-electron chi connectivity index (χ2n) is 8.33. The van der Waals surface area contributed by atoms with E-state index in [-0.39, 0.29) is 23.6 Å². The third kappa shape index (κ3) is 5.94. The highest BCUT2D eigenvalue weighted by atomic mass is 19.4. The number of benzene rings is 2. The van der Waals surface area contributed by atoms with E-state index in [4.69, 9.17) is 9.90 Å². The average Bonchev–Trinajstić information content (AvgIpc) is 3.21. The van der Waals surface area contributed by atoms with E-state index in [2.05, 4.69) is 0 Å². The van der Waals surface area contributed by atoms with Crippen LogP contribution in [0, 0.1) is 11.6 Å². The maximum atomic E-state index is 13.5. The van der Waals surface area contributed by atoms with E-state index in [0.717, 1.165) is 23.9 Å². The number of amides is 2. The van der Waals surface area contributed by atoms with Crippen molar-refractivity contribution in [2.75, 3.05) is 38.1 Å². The Bertz CT molecular complexity index is 1090. The molecule has 2 aliphatic rings. The number of carbonyl (C=O) groups excluding carboxylic acids is 2. The van der Waals surface area contributed by atoms with Crippen molar-refractivity contribution in [2.24, 2.45) is 0 Å². The van der Waals surface area contributed by atoms with Crippen molar-refractivity contribution in [2.45, 2.75) is 18.1 Å². The van der Waals surface area contributed by atoms with Gasteiger partial charge in [0.05, 0.1) is 12.1 Å². The molecule has 12 heteroatoms. The Hall–Kier alpha value is -3.54. The maximum Gasteiger partial charge on any atom is 0.490 e. The molecule has 0 saturated carbocycles. The SMILES string of the molecule is CN1CC(=O)N(c2ccccc2)CC12CCN(C(=O)c1cc(F)cc(F)c1)C2.O=C(O)C(F)(F)F. The fourth-order valence-electron chi connectivity index (χ4n) is 4.13. The number of hydrogen-bond acceptors (Lipinski definition) is 4. The highest BCUT2D eigenvalue weighted by molar-refractivity contribution is 5.97. The molecule has 2 aromatic carbocycles. The third-order valence-corrected chi connectivity index (χ3v) is 5.98. The lowest BCUT2D eigenvalue weighted by molar-refractivity contribution is -0.192. The fraction of sp³-hybridized carbons (Fsp3) is 0.348. The first kappa shape index (κ1) is 26.1. The van der Waals surface area contributed by atoms with E-state index < -0.39 is 29.7 Å². The molecule has 2 aromatic rings. The van der Waals surface area contributed by atoms with Crippen molar-refractivity contribution >= 4 is 23.5 Å². The van der Waals surface area contributed by atoms with Crippen LogP contribution in [0.3, 0.4) is 0 Å². The Morgan fingerprint density at radius 2 is 1.57 bits per heavy atom. The van der Waals surface area contributed by atoms with Gasteiger partial charge in [-0.25, -0.2) is 13.6 Å². The Morgan fingerprint density at radius 1 is 1.00 bits per heavy atom. The summed E-state index contributed by atoms with van der Waals surface area (Å²) in [5.41, 5.74) is 0.451. The van der Waals surface area contributed by atoms with E-state index in [1.54, 1.807) is 9.80 Å². The largest absolute Gasteiger partial charge is 0.490 e. The quantitative estimate of drug-likeness (QED) is 0.643. The number of nitrogens with zero attached hydrogens (tertiary/aromatic N) is 3. The number of halogens is 5.